The van der Waals surface area contributed by atoms with Crippen LogP contribution in [0.2, 0.25) is 5.02 Å². The van der Waals surface area contributed by atoms with Gasteiger partial charge in [0.05, 0.1) is 22.1 Å². The lowest BCUT2D eigenvalue weighted by Gasteiger charge is -2.15. The van der Waals surface area contributed by atoms with Crippen molar-refractivity contribution in [2.24, 2.45) is 0 Å². The Kier molecular flexibility index (Phi) is 4.84. The Morgan fingerprint density at radius 3 is 2.70 bits per heavy atom. The molecule has 0 aliphatic heterocycles. The molecule has 0 aliphatic carbocycles. The summed E-state index contributed by atoms with van der Waals surface area (Å²) in [5, 5.41) is 8.75. The molecule has 0 aliphatic rings. The first-order valence-electron chi connectivity index (χ1n) is 7.10. The summed E-state index contributed by atoms with van der Waals surface area (Å²) in [5.41, 5.74) is 4.17. The average Bonchev–Trinajstić information content (AvgIpc) is 2.72. The third kappa shape index (κ3) is 3.05. The Morgan fingerprint density at radius 1 is 1.35 bits per heavy atom. The van der Waals surface area contributed by atoms with E-state index >= 15 is 0 Å². The maximum Gasteiger partial charge on any atom is 0.0848 e. The molecule has 1 aromatic heterocycles. The van der Waals surface area contributed by atoms with E-state index in [2.05, 4.69) is 48.5 Å². The number of rotatable bonds is 5. The van der Waals surface area contributed by atoms with E-state index in [0.717, 1.165) is 35.1 Å². The van der Waals surface area contributed by atoms with Crippen LogP contribution in [0, 0.1) is 13.8 Å². The zero-order valence-electron chi connectivity index (χ0n) is 12.6. The number of nitrogens with zero attached hydrogens (tertiary/aromatic N) is 2. The van der Waals surface area contributed by atoms with Gasteiger partial charge in [-0.15, -0.1) is 0 Å². The third-order valence-corrected chi connectivity index (χ3v) is 4.07. The number of nitrogens with one attached hydrogen (secondary N) is 1. The van der Waals surface area contributed by atoms with Crippen molar-refractivity contribution in [3.8, 4) is 5.69 Å². The molecular weight excluding hydrogens is 270 g/mol. The first-order chi connectivity index (χ1) is 9.54. The molecule has 0 bridgehead atoms. The number of hydrogen-bond donors (Lipinski definition) is 1. The summed E-state index contributed by atoms with van der Waals surface area (Å²) in [6.07, 6.45) is 1.14. The van der Waals surface area contributed by atoms with Crippen molar-refractivity contribution in [1.82, 2.24) is 15.1 Å². The van der Waals surface area contributed by atoms with Gasteiger partial charge in [0.2, 0.25) is 0 Å². The second-order valence-electron chi connectivity index (χ2n) is 5.17. The van der Waals surface area contributed by atoms with Crippen molar-refractivity contribution >= 4 is 11.6 Å². The molecular formula is C16H22ClN3. The molecule has 20 heavy (non-hydrogen) atoms. The molecule has 108 valence electrons. The fourth-order valence-electron chi connectivity index (χ4n) is 2.28. The van der Waals surface area contributed by atoms with Gasteiger partial charge in [-0.1, -0.05) is 30.7 Å². The van der Waals surface area contributed by atoms with E-state index in [1.807, 2.05) is 18.5 Å². The van der Waals surface area contributed by atoms with Gasteiger partial charge in [0.25, 0.3) is 0 Å². The minimum atomic E-state index is 0.335. The minimum Gasteiger partial charge on any atom is -0.310 e. The van der Waals surface area contributed by atoms with Gasteiger partial charge >= 0.3 is 0 Å². The van der Waals surface area contributed by atoms with Crippen molar-refractivity contribution < 1.29 is 0 Å². The predicted octanol–water partition coefficient (Wildman–Crippen LogP) is 4.20. The quantitative estimate of drug-likeness (QED) is 0.894. The maximum absolute atomic E-state index is 6.22. The van der Waals surface area contributed by atoms with Gasteiger partial charge in [0, 0.05) is 6.04 Å². The normalized spacial score (nSPS) is 12.7. The van der Waals surface area contributed by atoms with Crippen LogP contribution in [-0.4, -0.2) is 16.3 Å². The zero-order valence-corrected chi connectivity index (χ0v) is 13.3. The Morgan fingerprint density at radius 2 is 2.10 bits per heavy atom. The third-order valence-electron chi connectivity index (χ3n) is 3.52. The molecule has 0 saturated heterocycles. The van der Waals surface area contributed by atoms with E-state index in [1.54, 1.807) is 0 Å². The lowest BCUT2D eigenvalue weighted by Crippen LogP contribution is -2.19. The van der Waals surface area contributed by atoms with Gasteiger partial charge in [-0.05, 0) is 51.4 Å². The number of hydrogen-bond acceptors (Lipinski definition) is 2. The van der Waals surface area contributed by atoms with E-state index in [9.17, 15) is 0 Å². The highest BCUT2D eigenvalue weighted by Gasteiger charge is 2.12. The summed E-state index contributed by atoms with van der Waals surface area (Å²) in [4.78, 5) is 0. The maximum atomic E-state index is 6.22. The zero-order chi connectivity index (χ0) is 14.7. The molecule has 0 radical (unpaired) electrons. The molecule has 1 heterocycles. The van der Waals surface area contributed by atoms with E-state index in [0.29, 0.717) is 6.04 Å². The molecule has 1 atom stereocenters. The molecule has 0 fully saturated rings. The van der Waals surface area contributed by atoms with Crippen molar-refractivity contribution in [3.63, 3.8) is 0 Å². The summed E-state index contributed by atoms with van der Waals surface area (Å²) in [7, 11) is 0. The summed E-state index contributed by atoms with van der Waals surface area (Å²) < 4.78 is 1.91. The Balaban J connectivity index is 2.32. The SMILES string of the molecule is CCCNC(C)c1cccc(-n2nc(C)c(Cl)c2C)c1. The van der Waals surface area contributed by atoms with Crippen LogP contribution in [0.25, 0.3) is 5.69 Å². The molecule has 4 heteroatoms. The molecule has 2 rings (SSSR count). The first-order valence-corrected chi connectivity index (χ1v) is 7.47. The van der Waals surface area contributed by atoms with Crippen LogP contribution in [-0.2, 0) is 0 Å². The fourth-order valence-corrected chi connectivity index (χ4v) is 2.40. The van der Waals surface area contributed by atoms with Gasteiger partial charge < -0.3 is 5.32 Å². The number of benzene rings is 1. The van der Waals surface area contributed by atoms with Crippen molar-refractivity contribution in [3.05, 3.63) is 46.2 Å². The highest BCUT2D eigenvalue weighted by atomic mass is 35.5. The highest BCUT2D eigenvalue weighted by Crippen LogP contribution is 2.24. The number of aryl methyl sites for hydroxylation is 1. The molecule has 2 aromatic rings. The lowest BCUT2D eigenvalue weighted by atomic mass is 10.1. The second kappa shape index (κ2) is 6.42. The van der Waals surface area contributed by atoms with E-state index < -0.39 is 0 Å². The number of halogens is 1. The Bertz CT molecular complexity index is 589. The molecule has 1 N–H and O–H groups in total. The van der Waals surface area contributed by atoms with Crippen LogP contribution in [0.15, 0.2) is 24.3 Å². The molecule has 0 amide bonds. The van der Waals surface area contributed by atoms with Crippen LogP contribution >= 0.6 is 11.6 Å². The van der Waals surface area contributed by atoms with Gasteiger partial charge in [-0.2, -0.15) is 5.10 Å². The van der Waals surface area contributed by atoms with E-state index in [4.69, 9.17) is 11.6 Å². The predicted molar refractivity (Wildman–Crippen MR) is 84.8 cm³/mol. The topological polar surface area (TPSA) is 29.9 Å². The van der Waals surface area contributed by atoms with Crippen molar-refractivity contribution in [2.75, 3.05) is 6.54 Å². The van der Waals surface area contributed by atoms with Gasteiger partial charge in [-0.3, -0.25) is 0 Å². The van der Waals surface area contributed by atoms with Crippen LogP contribution < -0.4 is 5.32 Å². The lowest BCUT2D eigenvalue weighted by molar-refractivity contribution is 0.570. The van der Waals surface area contributed by atoms with Crippen molar-refractivity contribution in [2.45, 2.75) is 40.2 Å². The van der Waals surface area contributed by atoms with Gasteiger partial charge in [-0.25, -0.2) is 4.68 Å². The summed E-state index contributed by atoms with van der Waals surface area (Å²) in [6, 6.07) is 8.78. The molecule has 1 unspecified atom stereocenters. The molecule has 0 spiro atoms. The monoisotopic (exact) mass is 291 g/mol. The van der Waals surface area contributed by atoms with Crippen LogP contribution in [0.4, 0.5) is 0 Å². The summed E-state index contributed by atoms with van der Waals surface area (Å²) in [6.45, 7) is 9.31. The highest BCUT2D eigenvalue weighted by molar-refractivity contribution is 6.31. The van der Waals surface area contributed by atoms with Crippen LogP contribution in [0.1, 0.15) is 43.3 Å². The largest absolute Gasteiger partial charge is 0.310 e. The standard InChI is InChI=1S/C16H22ClN3/c1-5-9-18-11(2)14-7-6-8-15(10-14)20-13(4)16(17)12(3)19-20/h6-8,10-11,18H,5,9H2,1-4H3. The molecule has 3 nitrogen and oxygen atoms in total. The number of aromatic nitrogens is 2. The fraction of sp³-hybridized carbons (Fsp3) is 0.438. The van der Waals surface area contributed by atoms with Gasteiger partial charge in [0.1, 0.15) is 0 Å². The Labute approximate surface area is 126 Å². The van der Waals surface area contributed by atoms with Gasteiger partial charge in [0.15, 0.2) is 0 Å². The second-order valence-corrected chi connectivity index (χ2v) is 5.55. The van der Waals surface area contributed by atoms with Crippen molar-refractivity contribution in [1.29, 1.82) is 0 Å². The average molecular weight is 292 g/mol. The Hall–Kier alpha value is -1.32. The smallest absolute Gasteiger partial charge is 0.0848 e. The molecule has 0 saturated carbocycles. The summed E-state index contributed by atoms with van der Waals surface area (Å²) >= 11 is 6.22. The van der Waals surface area contributed by atoms with E-state index in [1.165, 1.54) is 5.56 Å². The molecule has 1 aromatic carbocycles. The summed E-state index contributed by atoms with van der Waals surface area (Å²) in [5.74, 6) is 0. The van der Waals surface area contributed by atoms with Crippen LogP contribution in [0.5, 0.6) is 0 Å². The van der Waals surface area contributed by atoms with E-state index in [-0.39, 0.29) is 0 Å². The van der Waals surface area contributed by atoms with Crippen LogP contribution in [0.3, 0.4) is 0 Å². The first kappa shape index (κ1) is 15.1. The minimum absolute atomic E-state index is 0.335.